The summed E-state index contributed by atoms with van der Waals surface area (Å²) in [7, 11) is 0. The van der Waals surface area contributed by atoms with E-state index in [1.807, 2.05) is 12.1 Å². The second kappa shape index (κ2) is 8.26. The largest absolute Gasteiger partial charge is 0.312 e. The van der Waals surface area contributed by atoms with E-state index in [1.54, 1.807) is 29.2 Å². The van der Waals surface area contributed by atoms with Crippen LogP contribution in [0.15, 0.2) is 48.5 Å². The van der Waals surface area contributed by atoms with Crippen LogP contribution in [0, 0.1) is 5.82 Å². The van der Waals surface area contributed by atoms with Gasteiger partial charge >= 0.3 is 0 Å². The highest BCUT2D eigenvalue weighted by atomic mass is 35.5. The molecular weight excluding hydrogens is 415 g/mol. The van der Waals surface area contributed by atoms with Crippen LogP contribution in [0.25, 0.3) is 0 Å². The fourth-order valence-electron chi connectivity index (χ4n) is 3.14. The van der Waals surface area contributed by atoms with Crippen molar-refractivity contribution in [2.45, 2.75) is 18.8 Å². The van der Waals surface area contributed by atoms with Crippen molar-refractivity contribution in [3.63, 3.8) is 0 Å². The van der Waals surface area contributed by atoms with Crippen molar-refractivity contribution in [3.8, 4) is 0 Å². The van der Waals surface area contributed by atoms with Gasteiger partial charge in [0.25, 0.3) is 0 Å². The zero-order valence-corrected chi connectivity index (χ0v) is 16.7. The van der Waals surface area contributed by atoms with E-state index in [0.717, 1.165) is 5.69 Å². The highest BCUT2D eigenvalue weighted by Crippen LogP contribution is 2.34. The molecule has 0 spiro atoms. The summed E-state index contributed by atoms with van der Waals surface area (Å²) in [5, 5.41) is 12.6. The third kappa shape index (κ3) is 4.60. The lowest BCUT2D eigenvalue weighted by Crippen LogP contribution is -2.24. The van der Waals surface area contributed by atoms with E-state index in [-0.39, 0.29) is 30.0 Å². The molecule has 0 saturated carbocycles. The quantitative estimate of drug-likeness (QED) is 0.663. The number of hydrogen-bond donors (Lipinski definition) is 1. The van der Waals surface area contributed by atoms with Crippen LogP contribution >= 0.6 is 22.9 Å². The summed E-state index contributed by atoms with van der Waals surface area (Å²) in [6.45, 7) is 0.499. The van der Waals surface area contributed by atoms with Crippen molar-refractivity contribution in [3.05, 3.63) is 69.9 Å². The molecule has 0 radical (unpaired) electrons. The van der Waals surface area contributed by atoms with Gasteiger partial charge in [-0.25, -0.2) is 4.39 Å². The maximum Gasteiger partial charge on any atom is 0.230 e. The Balaban J connectivity index is 1.38. The molecule has 3 aromatic rings. The number of carbonyl (C=O) groups is 2. The normalized spacial score (nSPS) is 16.3. The van der Waals surface area contributed by atoms with Crippen LogP contribution in [0.3, 0.4) is 0 Å². The molecular formula is C20H16ClFN4O2S. The second-order valence-corrected chi connectivity index (χ2v) is 8.12. The second-order valence-electron chi connectivity index (χ2n) is 6.68. The number of nitrogens with zero attached hydrogens (tertiary/aromatic N) is 3. The summed E-state index contributed by atoms with van der Waals surface area (Å²) in [4.78, 5) is 26.3. The van der Waals surface area contributed by atoms with Crippen molar-refractivity contribution in [1.29, 1.82) is 0 Å². The SMILES string of the molecule is O=C(Cc1ccc(F)cc1)Nc1nnc(C2CC(=O)N(c3ccc(Cl)cc3)C2)s1. The summed E-state index contributed by atoms with van der Waals surface area (Å²) in [6.07, 6.45) is 0.447. The van der Waals surface area contributed by atoms with E-state index in [9.17, 15) is 14.0 Å². The van der Waals surface area contributed by atoms with Crippen molar-refractivity contribution in [2.75, 3.05) is 16.8 Å². The van der Waals surface area contributed by atoms with Crippen molar-refractivity contribution in [1.82, 2.24) is 10.2 Å². The van der Waals surface area contributed by atoms with Gasteiger partial charge in [-0.15, -0.1) is 10.2 Å². The summed E-state index contributed by atoms with van der Waals surface area (Å²) in [6, 6.07) is 12.9. The maximum absolute atomic E-state index is 13.0. The minimum Gasteiger partial charge on any atom is -0.312 e. The van der Waals surface area contributed by atoms with E-state index in [1.165, 1.54) is 23.5 Å². The molecule has 0 bridgehead atoms. The zero-order valence-electron chi connectivity index (χ0n) is 15.1. The zero-order chi connectivity index (χ0) is 20.4. The number of rotatable bonds is 5. The summed E-state index contributed by atoms with van der Waals surface area (Å²) >= 11 is 7.17. The van der Waals surface area contributed by atoms with Gasteiger partial charge in [0.2, 0.25) is 16.9 Å². The number of halogens is 2. The van der Waals surface area contributed by atoms with Crippen molar-refractivity contribution < 1.29 is 14.0 Å². The van der Waals surface area contributed by atoms with E-state index >= 15 is 0 Å². The summed E-state index contributed by atoms with van der Waals surface area (Å²) < 4.78 is 13.0. The van der Waals surface area contributed by atoms with Crippen molar-refractivity contribution >= 4 is 45.6 Å². The van der Waals surface area contributed by atoms with Crippen LogP contribution in [-0.4, -0.2) is 28.6 Å². The van der Waals surface area contributed by atoms with Crippen LogP contribution in [0.5, 0.6) is 0 Å². The smallest absolute Gasteiger partial charge is 0.230 e. The van der Waals surface area contributed by atoms with Crippen LogP contribution in [0.2, 0.25) is 5.02 Å². The molecule has 1 atom stereocenters. The van der Waals surface area contributed by atoms with E-state index < -0.39 is 0 Å². The van der Waals surface area contributed by atoms with Gasteiger partial charge < -0.3 is 10.2 Å². The van der Waals surface area contributed by atoms with E-state index in [4.69, 9.17) is 11.6 Å². The van der Waals surface area contributed by atoms with E-state index in [2.05, 4.69) is 15.5 Å². The average Bonchev–Trinajstić information content (AvgIpc) is 3.31. The molecule has 148 valence electrons. The number of amides is 2. The van der Waals surface area contributed by atoms with Crippen LogP contribution in [-0.2, 0) is 16.0 Å². The Hall–Kier alpha value is -2.84. The molecule has 1 saturated heterocycles. The van der Waals surface area contributed by atoms with E-state index in [0.29, 0.717) is 33.7 Å². The molecule has 9 heteroatoms. The number of nitrogens with one attached hydrogen (secondary N) is 1. The molecule has 6 nitrogen and oxygen atoms in total. The molecule has 2 aromatic carbocycles. The first-order valence-electron chi connectivity index (χ1n) is 8.91. The molecule has 2 amide bonds. The van der Waals surface area contributed by atoms with Gasteiger partial charge in [0.1, 0.15) is 10.8 Å². The van der Waals surface area contributed by atoms with Gasteiger partial charge in [0.05, 0.1) is 6.42 Å². The summed E-state index contributed by atoms with van der Waals surface area (Å²) in [5.74, 6) is -0.681. The number of aromatic nitrogens is 2. The lowest BCUT2D eigenvalue weighted by molar-refractivity contribution is -0.117. The predicted molar refractivity (Wildman–Crippen MR) is 110 cm³/mol. The molecule has 1 fully saturated rings. The Labute approximate surface area is 175 Å². The molecule has 1 aliphatic heterocycles. The minimum atomic E-state index is -0.346. The third-order valence-electron chi connectivity index (χ3n) is 4.58. The Morgan fingerprint density at radius 2 is 1.90 bits per heavy atom. The topological polar surface area (TPSA) is 75.2 Å². The first-order valence-corrected chi connectivity index (χ1v) is 10.1. The summed E-state index contributed by atoms with van der Waals surface area (Å²) in [5.41, 5.74) is 1.49. The average molecular weight is 431 g/mol. The van der Waals surface area contributed by atoms with Gasteiger partial charge in [-0.05, 0) is 42.0 Å². The number of benzene rings is 2. The maximum atomic E-state index is 13.0. The fourth-order valence-corrected chi connectivity index (χ4v) is 4.12. The Kier molecular flexibility index (Phi) is 5.55. The first kappa shape index (κ1) is 19.5. The lowest BCUT2D eigenvalue weighted by Gasteiger charge is -2.16. The Morgan fingerprint density at radius 3 is 2.62 bits per heavy atom. The van der Waals surface area contributed by atoms with Gasteiger partial charge in [0.15, 0.2) is 0 Å². The lowest BCUT2D eigenvalue weighted by atomic mass is 10.1. The molecule has 4 rings (SSSR count). The highest BCUT2D eigenvalue weighted by Gasteiger charge is 2.34. The van der Waals surface area contributed by atoms with Gasteiger partial charge in [-0.3, -0.25) is 9.59 Å². The van der Waals surface area contributed by atoms with Gasteiger partial charge in [0, 0.05) is 29.6 Å². The van der Waals surface area contributed by atoms with Crippen LogP contribution in [0.4, 0.5) is 15.2 Å². The molecule has 0 aliphatic carbocycles. The van der Waals surface area contributed by atoms with Gasteiger partial charge in [-0.2, -0.15) is 0 Å². The monoisotopic (exact) mass is 430 g/mol. The molecule has 1 aliphatic rings. The fraction of sp³-hybridized carbons (Fsp3) is 0.200. The number of carbonyl (C=O) groups excluding carboxylic acids is 2. The van der Waals surface area contributed by atoms with Crippen LogP contribution in [0.1, 0.15) is 22.9 Å². The minimum absolute atomic E-state index is 0.00872. The Bertz CT molecular complexity index is 1040. The Morgan fingerprint density at radius 1 is 1.17 bits per heavy atom. The van der Waals surface area contributed by atoms with Crippen molar-refractivity contribution in [2.24, 2.45) is 0 Å². The molecule has 1 N–H and O–H groups in total. The third-order valence-corrected chi connectivity index (χ3v) is 5.83. The number of hydrogen-bond acceptors (Lipinski definition) is 5. The molecule has 2 heterocycles. The van der Waals surface area contributed by atoms with Gasteiger partial charge in [-0.1, -0.05) is 35.1 Å². The molecule has 29 heavy (non-hydrogen) atoms. The predicted octanol–water partition coefficient (Wildman–Crippen LogP) is 4.03. The highest BCUT2D eigenvalue weighted by molar-refractivity contribution is 7.15. The first-order chi connectivity index (χ1) is 14.0. The molecule has 1 unspecified atom stereocenters. The van der Waals surface area contributed by atoms with Crippen LogP contribution < -0.4 is 10.2 Å². The molecule has 1 aromatic heterocycles. The standard InChI is InChI=1S/C20H16ClFN4O2S/c21-14-3-7-16(8-4-14)26-11-13(10-18(26)28)19-24-25-20(29-19)23-17(27)9-12-1-5-15(22)6-2-12/h1-8,13H,9-11H2,(H,23,25,27). The number of anilines is 2.